The van der Waals surface area contributed by atoms with Gasteiger partial charge in [-0.25, -0.2) is 0 Å². The number of nitrogens with zero attached hydrogens (tertiary/aromatic N) is 1. The Bertz CT molecular complexity index is 316. The lowest BCUT2D eigenvalue weighted by Gasteiger charge is -2.34. The second kappa shape index (κ2) is 5.35. The maximum absolute atomic E-state index is 5.64. The van der Waals surface area contributed by atoms with E-state index in [1.807, 2.05) is 0 Å². The van der Waals surface area contributed by atoms with E-state index in [1.54, 1.807) is 0 Å². The van der Waals surface area contributed by atoms with Crippen LogP contribution in [0.3, 0.4) is 0 Å². The molecule has 2 heteroatoms. The summed E-state index contributed by atoms with van der Waals surface area (Å²) in [5.74, 6) is 0.792. The molecule has 0 bridgehead atoms. The highest BCUT2D eigenvalue weighted by Crippen LogP contribution is 2.24. The third kappa shape index (κ3) is 2.76. The molecule has 1 saturated heterocycles. The Hall–Kier alpha value is -1.02. The third-order valence-corrected chi connectivity index (χ3v) is 3.49. The van der Waals surface area contributed by atoms with Gasteiger partial charge in [0, 0.05) is 18.8 Å². The molecule has 2 nitrogen and oxygen atoms in total. The van der Waals surface area contributed by atoms with Gasteiger partial charge in [-0.15, -0.1) is 0 Å². The number of piperidine rings is 1. The molecule has 1 aliphatic heterocycles. The van der Waals surface area contributed by atoms with E-state index in [-0.39, 0.29) is 0 Å². The third-order valence-electron chi connectivity index (χ3n) is 3.49. The van der Waals surface area contributed by atoms with Crippen LogP contribution in [0.15, 0.2) is 24.3 Å². The molecule has 1 aromatic rings. The zero-order chi connectivity index (χ0) is 11.4. The van der Waals surface area contributed by atoms with Crippen molar-refractivity contribution in [2.75, 3.05) is 24.5 Å². The predicted octanol–water partition coefficient (Wildman–Crippen LogP) is 2.56. The van der Waals surface area contributed by atoms with Crippen molar-refractivity contribution in [1.82, 2.24) is 0 Å². The molecule has 16 heavy (non-hydrogen) atoms. The second-order valence-corrected chi connectivity index (χ2v) is 4.87. The lowest BCUT2D eigenvalue weighted by atomic mass is 9.94. The van der Waals surface area contributed by atoms with E-state index in [2.05, 4.69) is 36.1 Å². The van der Waals surface area contributed by atoms with Crippen molar-refractivity contribution in [1.29, 1.82) is 0 Å². The van der Waals surface area contributed by atoms with Crippen LogP contribution >= 0.6 is 0 Å². The Morgan fingerprint density at radius 3 is 2.75 bits per heavy atom. The highest BCUT2D eigenvalue weighted by Gasteiger charge is 2.19. The average Bonchev–Trinajstić information content (AvgIpc) is 2.31. The largest absolute Gasteiger partial charge is 0.371 e. The number of hydrogen-bond donors (Lipinski definition) is 1. The molecule has 1 heterocycles. The molecule has 1 unspecified atom stereocenters. The van der Waals surface area contributed by atoms with Crippen molar-refractivity contribution in [2.45, 2.75) is 26.2 Å². The molecule has 1 aromatic carbocycles. The fourth-order valence-corrected chi connectivity index (χ4v) is 2.53. The van der Waals surface area contributed by atoms with Crippen LogP contribution in [0.2, 0.25) is 0 Å². The van der Waals surface area contributed by atoms with Crippen molar-refractivity contribution in [3.8, 4) is 0 Å². The van der Waals surface area contributed by atoms with Gasteiger partial charge in [-0.1, -0.05) is 17.7 Å². The number of nitrogens with two attached hydrogens (primary N) is 1. The van der Waals surface area contributed by atoms with E-state index >= 15 is 0 Å². The van der Waals surface area contributed by atoms with Gasteiger partial charge in [0.2, 0.25) is 0 Å². The number of aryl methyl sites for hydroxylation is 1. The summed E-state index contributed by atoms with van der Waals surface area (Å²) < 4.78 is 0. The molecule has 1 aliphatic rings. The molecular weight excluding hydrogens is 196 g/mol. The van der Waals surface area contributed by atoms with Gasteiger partial charge < -0.3 is 10.6 Å². The Labute approximate surface area is 98.4 Å². The molecule has 0 spiro atoms. The number of rotatable bonds is 3. The summed E-state index contributed by atoms with van der Waals surface area (Å²) in [7, 11) is 0. The van der Waals surface area contributed by atoms with Gasteiger partial charge in [-0.2, -0.15) is 0 Å². The van der Waals surface area contributed by atoms with Crippen LogP contribution in [0, 0.1) is 12.8 Å². The first-order chi connectivity index (χ1) is 7.79. The van der Waals surface area contributed by atoms with Crippen LogP contribution in [0.1, 0.15) is 24.8 Å². The Morgan fingerprint density at radius 1 is 1.31 bits per heavy atom. The summed E-state index contributed by atoms with van der Waals surface area (Å²) >= 11 is 0. The van der Waals surface area contributed by atoms with Crippen LogP contribution in [0.4, 0.5) is 5.69 Å². The zero-order valence-corrected chi connectivity index (χ0v) is 10.2. The van der Waals surface area contributed by atoms with Crippen LogP contribution < -0.4 is 10.6 Å². The summed E-state index contributed by atoms with van der Waals surface area (Å²) in [6, 6.07) is 8.87. The molecule has 1 fully saturated rings. The minimum absolute atomic E-state index is 0.792. The van der Waals surface area contributed by atoms with Crippen LogP contribution in [-0.4, -0.2) is 19.6 Å². The first-order valence-corrected chi connectivity index (χ1v) is 6.31. The molecule has 0 saturated carbocycles. The van der Waals surface area contributed by atoms with Crippen molar-refractivity contribution < 1.29 is 0 Å². The zero-order valence-electron chi connectivity index (χ0n) is 10.2. The summed E-state index contributed by atoms with van der Waals surface area (Å²) in [4.78, 5) is 2.50. The topological polar surface area (TPSA) is 29.3 Å². The maximum Gasteiger partial charge on any atom is 0.0366 e. The molecule has 88 valence electrons. The monoisotopic (exact) mass is 218 g/mol. The number of benzene rings is 1. The number of anilines is 1. The van der Waals surface area contributed by atoms with Gasteiger partial charge in [0.05, 0.1) is 0 Å². The Balaban J connectivity index is 2.01. The minimum atomic E-state index is 0.792. The molecule has 1 atom stereocenters. The van der Waals surface area contributed by atoms with Crippen LogP contribution in [0.25, 0.3) is 0 Å². The average molecular weight is 218 g/mol. The molecule has 2 rings (SSSR count). The van der Waals surface area contributed by atoms with Gasteiger partial charge in [0.1, 0.15) is 0 Å². The molecule has 0 aromatic heterocycles. The summed E-state index contributed by atoms with van der Waals surface area (Å²) in [6.07, 6.45) is 3.82. The van der Waals surface area contributed by atoms with E-state index in [9.17, 15) is 0 Å². The first kappa shape index (κ1) is 11.5. The highest BCUT2D eigenvalue weighted by atomic mass is 15.1. The van der Waals surface area contributed by atoms with Crippen molar-refractivity contribution >= 4 is 5.69 Å². The van der Waals surface area contributed by atoms with Crippen LogP contribution in [-0.2, 0) is 0 Å². The fraction of sp³-hybridized carbons (Fsp3) is 0.571. The Kier molecular flexibility index (Phi) is 3.83. The smallest absolute Gasteiger partial charge is 0.0366 e. The second-order valence-electron chi connectivity index (χ2n) is 4.87. The fourth-order valence-electron chi connectivity index (χ4n) is 2.53. The quantitative estimate of drug-likeness (QED) is 0.845. The minimum Gasteiger partial charge on any atom is -0.371 e. The molecule has 0 radical (unpaired) electrons. The SMILES string of the molecule is Cc1ccc(N2CCCC(CCN)C2)cc1. The van der Waals surface area contributed by atoms with Crippen molar-refractivity contribution in [3.05, 3.63) is 29.8 Å². The van der Waals surface area contributed by atoms with Gasteiger partial charge >= 0.3 is 0 Å². The van der Waals surface area contributed by atoms with E-state index in [0.29, 0.717) is 0 Å². The van der Waals surface area contributed by atoms with E-state index < -0.39 is 0 Å². The van der Waals surface area contributed by atoms with Gasteiger partial charge in [-0.05, 0) is 50.8 Å². The van der Waals surface area contributed by atoms with E-state index in [1.165, 1.54) is 43.6 Å². The summed E-state index contributed by atoms with van der Waals surface area (Å²) in [6.45, 7) is 5.34. The summed E-state index contributed by atoms with van der Waals surface area (Å²) in [5, 5.41) is 0. The lowest BCUT2D eigenvalue weighted by molar-refractivity contribution is 0.396. The molecule has 0 aliphatic carbocycles. The van der Waals surface area contributed by atoms with E-state index in [4.69, 9.17) is 5.73 Å². The van der Waals surface area contributed by atoms with E-state index in [0.717, 1.165) is 12.5 Å². The first-order valence-electron chi connectivity index (χ1n) is 6.31. The Morgan fingerprint density at radius 2 is 2.06 bits per heavy atom. The maximum atomic E-state index is 5.64. The normalized spacial score (nSPS) is 21.1. The van der Waals surface area contributed by atoms with Gasteiger partial charge in [-0.3, -0.25) is 0 Å². The van der Waals surface area contributed by atoms with Gasteiger partial charge in [0.25, 0.3) is 0 Å². The summed E-state index contributed by atoms with van der Waals surface area (Å²) in [5.41, 5.74) is 8.35. The van der Waals surface area contributed by atoms with Crippen molar-refractivity contribution in [3.63, 3.8) is 0 Å². The predicted molar refractivity (Wildman–Crippen MR) is 69.8 cm³/mol. The van der Waals surface area contributed by atoms with Crippen molar-refractivity contribution in [2.24, 2.45) is 11.7 Å². The van der Waals surface area contributed by atoms with Crippen LogP contribution in [0.5, 0.6) is 0 Å². The number of hydrogen-bond acceptors (Lipinski definition) is 2. The molecule has 2 N–H and O–H groups in total. The standard InChI is InChI=1S/C14H22N2/c1-12-4-6-14(7-5-12)16-10-2-3-13(11-16)8-9-15/h4-7,13H,2-3,8-11,15H2,1H3. The lowest BCUT2D eigenvalue weighted by Crippen LogP contribution is -2.36. The molecule has 0 amide bonds. The van der Waals surface area contributed by atoms with Gasteiger partial charge in [0.15, 0.2) is 0 Å². The molecular formula is C14H22N2. The highest BCUT2D eigenvalue weighted by molar-refractivity contribution is 5.47.